The van der Waals surface area contributed by atoms with Crippen LogP contribution in [0.25, 0.3) is 5.69 Å². The van der Waals surface area contributed by atoms with Crippen LogP contribution in [0.2, 0.25) is 0 Å². The molecule has 2 heterocycles. The van der Waals surface area contributed by atoms with Crippen LogP contribution in [0.15, 0.2) is 48.8 Å². The fraction of sp³-hybridized carbons (Fsp3) is 0.222. The highest BCUT2D eigenvalue weighted by Crippen LogP contribution is 2.21. The summed E-state index contributed by atoms with van der Waals surface area (Å²) in [4.78, 5) is 16.8. The highest BCUT2D eigenvalue weighted by Gasteiger charge is 2.25. The SMILES string of the molecule is O=C(c1ccc(F)cc1-n1cnnn1)N1CCN(c2ccc(F)cc2)CC1. The summed E-state index contributed by atoms with van der Waals surface area (Å²) < 4.78 is 28.0. The van der Waals surface area contributed by atoms with Crippen LogP contribution in [0.5, 0.6) is 0 Å². The third-order valence-electron chi connectivity index (χ3n) is 4.54. The molecule has 0 aliphatic carbocycles. The van der Waals surface area contributed by atoms with Crippen molar-refractivity contribution in [1.82, 2.24) is 25.1 Å². The zero-order valence-corrected chi connectivity index (χ0v) is 14.3. The van der Waals surface area contributed by atoms with Gasteiger partial charge in [0.2, 0.25) is 0 Å². The Morgan fingerprint density at radius 1 is 0.926 bits per heavy atom. The van der Waals surface area contributed by atoms with Gasteiger partial charge in [0.15, 0.2) is 0 Å². The van der Waals surface area contributed by atoms with Crippen molar-refractivity contribution in [2.45, 2.75) is 0 Å². The van der Waals surface area contributed by atoms with Crippen molar-refractivity contribution in [3.63, 3.8) is 0 Å². The number of hydrogen-bond donors (Lipinski definition) is 0. The number of benzene rings is 2. The van der Waals surface area contributed by atoms with Gasteiger partial charge in [0.25, 0.3) is 5.91 Å². The second kappa shape index (κ2) is 7.10. The van der Waals surface area contributed by atoms with E-state index in [1.807, 2.05) is 0 Å². The summed E-state index contributed by atoms with van der Waals surface area (Å²) in [5.74, 6) is -0.962. The largest absolute Gasteiger partial charge is 0.368 e. The van der Waals surface area contributed by atoms with Crippen LogP contribution in [0.1, 0.15) is 10.4 Å². The summed E-state index contributed by atoms with van der Waals surface area (Å²) in [6, 6.07) is 10.2. The first-order valence-corrected chi connectivity index (χ1v) is 8.44. The van der Waals surface area contributed by atoms with Crippen molar-refractivity contribution >= 4 is 11.6 Å². The molecule has 1 aliphatic heterocycles. The first-order chi connectivity index (χ1) is 13.1. The van der Waals surface area contributed by atoms with Crippen LogP contribution in [0, 0.1) is 11.6 Å². The second-order valence-corrected chi connectivity index (χ2v) is 6.17. The molecule has 0 spiro atoms. The topological polar surface area (TPSA) is 67.2 Å². The fourth-order valence-electron chi connectivity index (χ4n) is 3.14. The lowest BCUT2D eigenvalue weighted by Crippen LogP contribution is -2.49. The number of tetrazole rings is 1. The summed E-state index contributed by atoms with van der Waals surface area (Å²) in [5.41, 5.74) is 1.55. The molecule has 2 aromatic carbocycles. The summed E-state index contributed by atoms with van der Waals surface area (Å²) in [6.07, 6.45) is 1.32. The third kappa shape index (κ3) is 3.48. The highest BCUT2D eigenvalue weighted by molar-refractivity contribution is 5.97. The Hall–Kier alpha value is -3.36. The Balaban J connectivity index is 1.51. The van der Waals surface area contributed by atoms with E-state index >= 15 is 0 Å². The number of piperazine rings is 1. The molecule has 1 aliphatic rings. The number of halogens is 2. The van der Waals surface area contributed by atoms with Crippen molar-refractivity contribution in [3.05, 3.63) is 66.0 Å². The molecule has 0 bridgehead atoms. The second-order valence-electron chi connectivity index (χ2n) is 6.17. The molecule has 0 radical (unpaired) electrons. The summed E-state index contributed by atoms with van der Waals surface area (Å²) in [7, 11) is 0. The molecular weight excluding hydrogens is 354 g/mol. The number of rotatable bonds is 3. The van der Waals surface area contributed by atoms with Gasteiger partial charge in [-0.25, -0.2) is 8.78 Å². The molecule has 1 aromatic heterocycles. The molecule has 0 saturated carbocycles. The first kappa shape index (κ1) is 17.1. The highest BCUT2D eigenvalue weighted by atomic mass is 19.1. The van der Waals surface area contributed by atoms with Gasteiger partial charge in [-0.2, -0.15) is 4.68 Å². The Kier molecular flexibility index (Phi) is 4.49. The third-order valence-corrected chi connectivity index (χ3v) is 4.54. The maximum absolute atomic E-state index is 13.7. The van der Waals surface area contributed by atoms with Crippen LogP contribution in [-0.4, -0.2) is 57.2 Å². The first-order valence-electron chi connectivity index (χ1n) is 8.44. The predicted octanol–water partition coefficient (Wildman–Crippen LogP) is 1.90. The molecule has 3 aromatic rings. The van der Waals surface area contributed by atoms with Crippen LogP contribution in [0.3, 0.4) is 0 Å². The van der Waals surface area contributed by atoms with E-state index in [9.17, 15) is 13.6 Å². The van der Waals surface area contributed by atoms with Crippen molar-refractivity contribution in [1.29, 1.82) is 0 Å². The van der Waals surface area contributed by atoms with E-state index in [0.717, 1.165) is 5.69 Å². The van der Waals surface area contributed by atoms with Gasteiger partial charge < -0.3 is 9.80 Å². The number of carbonyl (C=O) groups is 1. The molecule has 1 saturated heterocycles. The summed E-state index contributed by atoms with van der Waals surface area (Å²) >= 11 is 0. The minimum atomic E-state index is -0.474. The van der Waals surface area contributed by atoms with Gasteiger partial charge in [0.1, 0.15) is 18.0 Å². The van der Waals surface area contributed by atoms with Crippen molar-refractivity contribution in [2.24, 2.45) is 0 Å². The molecule has 0 unspecified atom stereocenters. The van der Waals surface area contributed by atoms with E-state index in [4.69, 9.17) is 0 Å². The summed E-state index contributed by atoms with van der Waals surface area (Å²) in [6.45, 7) is 2.25. The Bertz CT molecular complexity index is 937. The number of nitrogens with zero attached hydrogens (tertiary/aromatic N) is 6. The Labute approximate surface area is 153 Å². The number of anilines is 1. The van der Waals surface area contributed by atoms with E-state index in [1.54, 1.807) is 17.0 Å². The zero-order chi connectivity index (χ0) is 18.8. The number of amides is 1. The van der Waals surface area contributed by atoms with Gasteiger partial charge in [-0.05, 0) is 46.8 Å². The smallest absolute Gasteiger partial charge is 0.256 e. The normalized spacial score (nSPS) is 14.4. The molecule has 4 rings (SSSR count). The molecule has 0 N–H and O–H groups in total. The van der Waals surface area contributed by atoms with Gasteiger partial charge in [0, 0.05) is 37.9 Å². The lowest BCUT2D eigenvalue weighted by atomic mass is 10.1. The Morgan fingerprint density at radius 2 is 1.63 bits per heavy atom. The standard InChI is InChI=1S/C18H16F2N6O/c19-13-1-4-15(5-2-13)24-7-9-25(10-8-24)18(27)16-6-3-14(20)11-17(16)26-12-21-22-23-26/h1-6,11-12H,7-10H2. The number of carbonyl (C=O) groups excluding carboxylic acids is 1. The van der Waals surface area contributed by atoms with Crippen molar-refractivity contribution in [3.8, 4) is 5.69 Å². The van der Waals surface area contributed by atoms with Crippen LogP contribution in [0.4, 0.5) is 14.5 Å². The van der Waals surface area contributed by atoms with Gasteiger partial charge in [-0.1, -0.05) is 0 Å². The quantitative estimate of drug-likeness (QED) is 0.705. The lowest BCUT2D eigenvalue weighted by Gasteiger charge is -2.36. The predicted molar refractivity (Wildman–Crippen MR) is 93.6 cm³/mol. The average Bonchev–Trinajstić information content (AvgIpc) is 3.23. The maximum Gasteiger partial charge on any atom is 0.256 e. The van der Waals surface area contributed by atoms with Crippen LogP contribution < -0.4 is 4.90 Å². The molecule has 9 heteroatoms. The monoisotopic (exact) mass is 370 g/mol. The van der Waals surface area contributed by atoms with E-state index in [0.29, 0.717) is 37.4 Å². The van der Waals surface area contributed by atoms with Gasteiger partial charge in [-0.3, -0.25) is 4.79 Å². The number of hydrogen-bond acceptors (Lipinski definition) is 5. The van der Waals surface area contributed by atoms with Crippen LogP contribution >= 0.6 is 0 Å². The molecule has 27 heavy (non-hydrogen) atoms. The van der Waals surface area contributed by atoms with E-state index < -0.39 is 5.82 Å². The lowest BCUT2D eigenvalue weighted by molar-refractivity contribution is 0.0746. The summed E-state index contributed by atoms with van der Waals surface area (Å²) in [5, 5.41) is 10.8. The van der Waals surface area contributed by atoms with E-state index in [2.05, 4.69) is 20.4 Å². The van der Waals surface area contributed by atoms with E-state index in [1.165, 1.54) is 41.3 Å². The minimum absolute atomic E-state index is 0.209. The molecule has 1 fully saturated rings. The minimum Gasteiger partial charge on any atom is -0.368 e. The molecule has 0 atom stereocenters. The average molecular weight is 370 g/mol. The fourth-order valence-corrected chi connectivity index (χ4v) is 3.14. The van der Waals surface area contributed by atoms with Crippen molar-refractivity contribution < 1.29 is 13.6 Å². The zero-order valence-electron chi connectivity index (χ0n) is 14.3. The Morgan fingerprint density at radius 3 is 2.30 bits per heavy atom. The van der Waals surface area contributed by atoms with Gasteiger partial charge in [-0.15, -0.1) is 5.10 Å². The van der Waals surface area contributed by atoms with Gasteiger partial charge >= 0.3 is 0 Å². The molecule has 1 amide bonds. The molecular formula is C18H16F2N6O. The van der Waals surface area contributed by atoms with Gasteiger partial charge in [0.05, 0.1) is 11.3 Å². The molecule has 7 nitrogen and oxygen atoms in total. The molecule has 138 valence electrons. The van der Waals surface area contributed by atoms with Crippen molar-refractivity contribution in [2.75, 3.05) is 31.1 Å². The van der Waals surface area contributed by atoms with E-state index in [-0.39, 0.29) is 11.7 Å². The number of aromatic nitrogens is 4. The van der Waals surface area contributed by atoms with Crippen LogP contribution in [-0.2, 0) is 0 Å². The maximum atomic E-state index is 13.7.